The molecule has 0 saturated carbocycles. The number of unbranched alkanes of at least 4 members (excludes halogenated alkanes) is 37. The lowest BCUT2D eigenvalue weighted by atomic mass is 10.0. The van der Waals surface area contributed by atoms with E-state index < -0.39 is 6.10 Å². The van der Waals surface area contributed by atoms with Crippen molar-refractivity contribution in [1.82, 2.24) is 0 Å². The number of hydrogen-bond acceptors (Lipinski definition) is 6. The van der Waals surface area contributed by atoms with Crippen molar-refractivity contribution in [3.05, 3.63) is 48.6 Å². The summed E-state index contributed by atoms with van der Waals surface area (Å²) in [6.45, 7) is 6.64. The van der Waals surface area contributed by atoms with E-state index in [4.69, 9.17) is 14.2 Å². The summed E-state index contributed by atoms with van der Waals surface area (Å²) in [5.41, 5.74) is 0. The topological polar surface area (TPSA) is 78.9 Å². The van der Waals surface area contributed by atoms with Gasteiger partial charge in [-0.05, 0) is 83.5 Å². The highest BCUT2D eigenvalue weighted by Crippen LogP contribution is 2.17. The minimum Gasteiger partial charge on any atom is -0.462 e. The first-order chi connectivity index (χ1) is 34.5. The Bertz CT molecular complexity index is 1220. The van der Waals surface area contributed by atoms with Crippen molar-refractivity contribution in [2.24, 2.45) is 0 Å². The van der Waals surface area contributed by atoms with Gasteiger partial charge in [-0.15, -0.1) is 0 Å². The minimum absolute atomic E-state index is 0.0785. The van der Waals surface area contributed by atoms with Gasteiger partial charge in [-0.2, -0.15) is 0 Å². The van der Waals surface area contributed by atoms with E-state index in [1.165, 1.54) is 199 Å². The Morgan fingerprint density at radius 2 is 0.514 bits per heavy atom. The van der Waals surface area contributed by atoms with Gasteiger partial charge in [0, 0.05) is 19.3 Å². The normalized spacial score (nSPS) is 12.3. The van der Waals surface area contributed by atoms with Crippen LogP contribution in [0, 0.1) is 0 Å². The van der Waals surface area contributed by atoms with Gasteiger partial charge in [0.05, 0.1) is 0 Å². The summed E-state index contributed by atoms with van der Waals surface area (Å²) in [7, 11) is 0. The molecule has 1 atom stereocenters. The van der Waals surface area contributed by atoms with Crippen molar-refractivity contribution in [3.63, 3.8) is 0 Å². The van der Waals surface area contributed by atoms with E-state index in [1.54, 1.807) is 0 Å². The Balaban J connectivity index is 4.38. The van der Waals surface area contributed by atoms with Crippen LogP contribution in [-0.4, -0.2) is 37.2 Å². The highest BCUT2D eigenvalue weighted by molar-refractivity contribution is 5.71. The average molecular weight is 982 g/mol. The zero-order valence-corrected chi connectivity index (χ0v) is 46.8. The number of carbonyl (C=O) groups excluding carboxylic acids is 3. The van der Waals surface area contributed by atoms with Gasteiger partial charge in [0.25, 0.3) is 0 Å². The summed E-state index contributed by atoms with van der Waals surface area (Å²) < 4.78 is 16.9. The zero-order valence-electron chi connectivity index (χ0n) is 46.8. The first-order valence-electron chi connectivity index (χ1n) is 30.6. The molecule has 0 heterocycles. The Kier molecular flexibility index (Phi) is 56.7. The smallest absolute Gasteiger partial charge is 0.306 e. The third kappa shape index (κ3) is 56.3. The highest BCUT2D eigenvalue weighted by atomic mass is 16.6. The van der Waals surface area contributed by atoms with Crippen molar-refractivity contribution in [1.29, 1.82) is 0 Å². The van der Waals surface area contributed by atoms with E-state index in [1.807, 2.05) is 0 Å². The van der Waals surface area contributed by atoms with Crippen LogP contribution in [0.25, 0.3) is 0 Å². The predicted molar refractivity (Wildman–Crippen MR) is 302 cm³/mol. The highest BCUT2D eigenvalue weighted by Gasteiger charge is 2.19. The molecular weight excluding hydrogens is 865 g/mol. The van der Waals surface area contributed by atoms with E-state index in [2.05, 4.69) is 69.4 Å². The van der Waals surface area contributed by atoms with Gasteiger partial charge in [0.15, 0.2) is 6.10 Å². The molecule has 0 N–H and O–H groups in total. The summed E-state index contributed by atoms with van der Waals surface area (Å²) >= 11 is 0. The first-order valence-corrected chi connectivity index (χ1v) is 30.6. The fourth-order valence-electron chi connectivity index (χ4n) is 8.92. The van der Waals surface area contributed by atoms with Crippen LogP contribution < -0.4 is 0 Å². The summed E-state index contributed by atoms with van der Waals surface area (Å²) in [6.07, 6.45) is 72.4. The maximum absolute atomic E-state index is 12.9. The van der Waals surface area contributed by atoms with Gasteiger partial charge in [0.2, 0.25) is 0 Å². The number of hydrogen-bond donors (Lipinski definition) is 0. The second-order valence-electron chi connectivity index (χ2n) is 20.6. The van der Waals surface area contributed by atoms with Crippen LogP contribution in [0.15, 0.2) is 48.6 Å². The molecule has 0 aromatic heterocycles. The first kappa shape index (κ1) is 67.4. The van der Waals surface area contributed by atoms with Crippen LogP contribution in [0.2, 0.25) is 0 Å². The number of carbonyl (C=O) groups is 3. The summed E-state index contributed by atoms with van der Waals surface area (Å²) in [6, 6.07) is 0. The second kappa shape index (κ2) is 58.9. The molecule has 0 saturated heterocycles. The van der Waals surface area contributed by atoms with Crippen molar-refractivity contribution >= 4 is 17.9 Å². The Morgan fingerprint density at radius 3 is 0.843 bits per heavy atom. The van der Waals surface area contributed by atoms with Crippen molar-refractivity contribution in [2.45, 2.75) is 329 Å². The van der Waals surface area contributed by atoms with Gasteiger partial charge in [-0.3, -0.25) is 14.4 Å². The molecular formula is C64H116O6. The van der Waals surface area contributed by atoms with Gasteiger partial charge < -0.3 is 14.2 Å². The van der Waals surface area contributed by atoms with E-state index in [0.717, 1.165) is 83.5 Å². The molecule has 0 aliphatic carbocycles. The quantitative estimate of drug-likeness (QED) is 0.0261. The molecule has 0 unspecified atom stereocenters. The zero-order chi connectivity index (χ0) is 50.7. The Labute approximate surface area is 435 Å². The van der Waals surface area contributed by atoms with Crippen LogP contribution in [0.5, 0.6) is 0 Å². The molecule has 0 radical (unpaired) electrons. The van der Waals surface area contributed by atoms with Crippen molar-refractivity contribution < 1.29 is 28.6 Å². The molecule has 6 heteroatoms. The second-order valence-corrected chi connectivity index (χ2v) is 20.6. The molecule has 408 valence electrons. The number of rotatable bonds is 56. The van der Waals surface area contributed by atoms with Crippen LogP contribution in [0.4, 0.5) is 0 Å². The van der Waals surface area contributed by atoms with E-state index in [9.17, 15) is 14.4 Å². The molecule has 0 spiro atoms. The third-order valence-electron chi connectivity index (χ3n) is 13.6. The molecule has 6 nitrogen and oxygen atoms in total. The summed E-state index contributed by atoms with van der Waals surface area (Å²) in [5.74, 6) is -0.880. The summed E-state index contributed by atoms with van der Waals surface area (Å²) in [5, 5.41) is 0. The summed E-state index contributed by atoms with van der Waals surface area (Å²) in [4.78, 5) is 38.2. The van der Waals surface area contributed by atoms with Crippen LogP contribution in [0.3, 0.4) is 0 Å². The predicted octanol–water partition coefficient (Wildman–Crippen LogP) is 20.6. The Morgan fingerprint density at radius 1 is 0.286 bits per heavy atom. The van der Waals surface area contributed by atoms with Gasteiger partial charge in [0.1, 0.15) is 13.2 Å². The maximum atomic E-state index is 12.9. The van der Waals surface area contributed by atoms with Crippen LogP contribution >= 0.6 is 0 Å². The Hall–Kier alpha value is -2.63. The van der Waals surface area contributed by atoms with Gasteiger partial charge in [-0.1, -0.05) is 268 Å². The molecule has 0 aliphatic heterocycles. The molecule has 0 bridgehead atoms. The van der Waals surface area contributed by atoms with Gasteiger partial charge in [-0.25, -0.2) is 0 Å². The average Bonchev–Trinajstić information content (AvgIpc) is 3.36. The van der Waals surface area contributed by atoms with E-state index in [-0.39, 0.29) is 31.1 Å². The van der Waals surface area contributed by atoms with Crippen molar-refractivity contribution in [3.8, 4) is 0 Å². The van der Waals surface area contributed by atoms with E-state index >= 15 is 0 Å². The number of esters is 3. The minimum atomic E-state index is -0.780. The van der Waals surface area contributed by atoms with Crippen LogP contribution in [0.1, 0.15) is 323 Å². The molecule has 0 aromatic rings. The molecule has 0 aromatic carbocycles. The lowest BCUT2D eigenvalue weighted by Gasteiger charge is -2.18. The fraction of sp³-hybridized carbons (Fsp3) is 0.828. The third-order valence-corrected chi connectivity index (χ3v) is 13.6. The molecule has 0 fully saturated rings. The lowest BCUT2D eigenvalue weighted by Crippen LogP contribution is -2.30. The molecule has 0 aliphatic rings. The fourth-order valence-corrected chi connectivity index (χ4v) is 8.92. The maximum Gasteiger partial charge on any atom is 0.306 e. The largest absolute Gasteiger partial charge is 0.462 e. The monoisotopic (exact) mass is 981 g/mol. The van der Waals surface area contributed by atoms with Crippen molar-refractivity contribution in [2.75, 3.05) is 13.2 Å². The molecule has 0 amide bonds. The number of allylic oxidation sites excluding steroid dienone is 8. The lowest BCUT2D eigenvalue weighted by molar-refractivity contribution is -0.167. The molecule has 0 rings (SSSR count). The SMILES string of the molecule is CCCCC/C=C\C/C=C\C/C=C\CCCCCCCCC(=O)OC[C@@H](COC(=O)CCCCCCC/C=C\CCCCCCCCC)OC(=O)CCCCCCCCCCCCCCCCCCC. The van der Waals surface area contributed by atoms with Gasteiger partial charge >= 0.3 is 17.9 Å². The standard InChI is InChI=1S/C64H116O6/c1-4-7-10-13-16-19-22-25-28-31-32-34-36-39-42-45-48-51-54-57-63(66)69-60-61(59-68-62(65)56-53-50-47-44-41-38-35-30-27-24-21-18-15-12-9-6-3)70-64(67)58-55-52-49-46-43-40-37-33-29-26-23-20-17-14-11-8-5-2/h16,19,25,28,30,32,34-35,61H,4-15,17-18,20-24,26-27,29,31,33,36-60H2,1-3H3/b19-16-,28-25-,34-32-,35-30-/t61-/m1/s1. The number of ether oxygens (including phenoxy) is 3. The molecule has 70 heavy (non-hydrogen) atoms. The van der Waals surface area contributed by atoms with Crippen LogP contribution in [-0.2, 0) is 28.6 Å². The van der Waals surface area contributed by atoms with E-state index in [0.29, 0.717) is 19.3 Å².